The molecule has 0 unspecified atom stereocenters. The number of aliphatic hydroxyl groups is 1. The molecule has 0 radical (unpaired) electrons. The van der Waals surface area contributed by atoms with Crippen LogP contribution in [0.1, 0.15) is 23.4 Å². The topological polar surface area (TPSA) is 50.2 Å². The highest BCUT2D eigenvalue weighted by atomic mass is 16.3. The van der Waals surface area contributed by atoms with Crippen molar-refractivity contribution >= 4 is 5.78 Å². The molecule has 0 atom stereocenters. The smallest absolute Gasteiger partial charge is 0.139 e. The van der Waals surface area contributed by atoms with Crippen LogP contribution in [-0.2, 0) is 24.2 Å². The third-order valence-corrected chi connectivity index (χ3v) is 2.33. The van der Waals surface area contributed by atoms with E-state index < -0.39 is 0 Å². The van der Waals surface area contributed by atoms with Crippen molar-refractivity contribution in [1.29, 1.82) is 0 Å². The van der Waals surface area contributed by atoms with Crippen molar-refractivity contribution in [3.05, 3.63) is 29.1 Å². The number of aliphatic hydroxyl groups excluding tert-OH is 1. The number of aryl methyl sites for hydroxylation is 1. The summed E-state index contributed by atoms with van der Waals surface area (Å²) in [7, 11) is 0. The van der Waals surface area contributed by atoms with Gasteiger partial charge in [-0.3, -0.25) is 9.78 Å². The number of carbonyl (C=O) groups excluding carboxylic acids is 1. The lowest BCUT2D eigenvalue weighted by atomic mass is 9.95. The molecule has 68 valence electrons. The van der Waals surface area contributed by atoms with Gasteiger partial charge in [0.15, 0.2) is 0 Å². The summed E-state index contributed by atoms with van der Waals surface area (Å²) in [5, 5.41) is 8.86. The van der Waals surface area contributed by atoms with E-state index in [1.807, 2.05) is 12.1 Å². The summed E-state index contributed by atoms with van der Waals surface area (Å²) >= 11 is 0. The van der Waals surface area contributed by atoms with E-state index in [2.05, 4.69) is 4.98 Å². The molecule has 1 heterocycles. The van der Waals surface area contributed by atoms with Crippen molar-refractivity contribution in [3.8, 4) is 0 Å². The van der Waals surface area contributed by atoms with Crippen LogP contribution in [0.3, 0.4) is 0 Å². The fraction of sp³-hybridized carbons (Fsp3) is 0.400. The molecule has 0 aliphatic heterocycles. The van der Waals surface area contributed by atoms with Crippen LogP contribution in [0.15, 0.2) is 12.1 Å². The molecule has 1 aromatic rings. The highest BCUT2D eigenvalue weighted by Gasteiger charge is 2.16. The lowest BCUT2D eigenvalue weighted by Crippen LogP contribution is -2.15. The first-order valence-corrected chi connectivity index (χ1v) is 4.40. The highest BCUT2D eigenvalue weighted by Crippen LogP contribution is 2.17. The highest BCUT2D eigenvalue weighted by molar-refractivity contribution is 5.82. The minimum atomic E-state index is -0.0541. The molecule has 0 fully saturated rings. The zero-order valence-electron chi connectivity index (χ0n) is 7.29. The number of nitrogens with zero attached hydrogens (tertiary/aromatic N) is 1. The van der Waals surface area contributed by atoms with Gasteiger partial charge < -0.3 is 5.11 Å². The van der Waals surface area contributed by atoms with Crippen LogP contribution in [0, 0.1) is 0 Å². The number of rotatable bonds is 1. The lowest BCUT2D eigenvalue weighted by molar-refractivity contribution is -0.118. The van der Waals surface area contributed by atoms with Crippen molar-refractivity contribution < 1.29 is 9.90 Å². The van der Waals surface area contributed by atoms with Gasteiger partial charge in [-0.1, -0.05) is 6.07 Å². The second-order valence-electron chi connectivity index (χ2n) is 3.28. The first-order chi connectivity index (χ1) is 6.29. The Kier molecular flexibility index (Phi) is 2.10. The Bertz CT molecular complexity index is 347. The van der Waals surface area contributed by atoms with E-state index in [0.29, 0.717) is 18.5 Å². The predicted octanol–water partition coefficient (Wildman–Crippen LogP) is 0.632. The van der Waals surface area contributed by atoms with E-state index in [9.17, 15) is 4.79 Å². The molecule has 2 rings (SSSR count). The number of Topliss-reactive ketones (excluding diaryl/α,β-unsaturated/α-hetero) is 1. The fourth-order valence-corrected chi connectivity index (χ4v) is 1.59. The Morgan fingerprint density at radius 2 is 2.23 bits per heavy atom. The average molecular weight is 177 g/mol. The van der Waals surface area contributed by atoms with Crippen LogP contribution in [0.25, 0.3) is 0 Å². The van der Waals surface area contributed by atoms with Gasteiger partial charge in [-0.05, 0) is 18.1 Å². The second-order valence-corrected chi connectivity index (χ2v) is 3.28. The van der Waals surface area contributed by atoms with Crippen molar-refractivity contribution in [2.45, 2.75) is 25.9 Å². The molecule has 3 nitrogen and oxygen atoms in total. The number of pyridine rings is 1. The molecule has 0 bridgehead atoms. The second kappa shape index (κ2) is 3.26. The fourth-order valence-electron chi connectivity index (χ4n) is 1.59. The summed E-state index contributed by atoms with van der Waals surface area (Å²) in [6.45, 7) is -0.0541. The largest absolute Gasteiger partial charge is 0.390 e. The number of hydrogen-bond donors (Lipinski definition) is 1. The van der Waals surface area contributed by atoms with E-state index in [1.165, 1.54) is 0 Å². The zero-order chi connectivity index (χ0) is 9.26. The molecule has 0 saturated heterocycles. The van der Waals surface area contributed by atoms with Crippen LogP contribution in [-0.4, -0.2) is 15.9 Å². The summed E-state index contributed by atoms with van der Waals surface area (Å²) in [6.07, 6.45) is 1.86. The van der Waals surface area contributed by atoms with Gasteiger partial charge in [-0.15, -0.1) is 0 Å². The molecular weight excluding hydrogens is 166 g/mol. The van der Waals surface area contributed by atoms with Crippen molar-refractivity contribution in [2.75, 3.05) is 0 Å². The van der Waals surface area contributed by atoms with Gasteiger partial charge in [0.05, 0.1) is 18.0 Å². The molecule has 0 spiro atoms. The van der Waals surface area contributed by atoms with Crippen LogP contribution in [0.4, 0.5) is 0 Å². The van der Waals surface area contributed by atoms with E-state index >= 15 is 0 Å². The standard InChI is InChI=1S/C10H11NO2/c12-6-8-3-1-7-2-4-9(13)5-10(7)11-8/h1,3,12H,2,4-6H2. The van der Waals surface area contributed by atoms with E-state index in [4.69, 9.17) is 5.11 Å². The molecule has 1 N–H and O–H groups in total. The molecule has 0 amide bonds. The molecule has 1 aliphatic rings. The van der Waals surface area contributed by atoms with E-state index in [-0.39, 0.29) is 12.4 Å². The van der Waals surface area contributed by atoms with E-state index in [1.54, 1.807) is 0 Å². The SMILES string of the molecule is O=C1CCc2ccc(CO)nc2C1. The first kappa shape index (κ1) is 8.38. The number of hydrogen-bond acceptors (Lipinski definition) is 3. The Morgan fingerprint density at radius 3 is 3.00 bits per heavy atom. The number of carbonyl (C=O) groups is 1. The molecule has 3 heteroatoms. The van der Waals surface area contributed by atoms with Crippen LogP contribution in [0.2, 0.25) is 0 Å². The Hall–Kier alpha value is -1.22. The van der Waals surface area contributed by atoms with Gasteiger partial charge in [-0.25, -0.2) is 0 Å². The molecule has 13 heavy (non-hydrogen) atoms. The summed E-state index contributed by atoms with van der Waals surface area (Å²) in [5.41, 5.74) is 2.65. The van der Waals surface area contributed by atoms with Crippen molar-refractivity contribution in [3.63, 3.8) is 0 Å². The Balaban J connectivity index is 2.38. The molecule has 1 aromatic heterocycles. The molecular formula is C10H11NO2. The third-order valence-electron chi connectivity index (χ3n) is 2.33. The molecule has 0 saturated carbocycles. The van der Waals surface area contributed by atoms with E-state index in [0.717, 1.165) is 17.7 Å². The van der Waals surface area contributed by atoms with Gasteiger partial charge in [0.2, 0.25) is 0 Å². The van der Waals surface area contributed by atoms with Crippen LogP contribution in [0.5, 0.6) is 0 Å². The molecule has 0 aromatic carbocycles. The summed E-state index contributed by atoms with van der Waals surface area (Å²) in [4.78, 5) is 15.3. The maximum Gasteiger partial charge on any atom is 0.139 e. The first-order valence-electron chi connectivity index (χ1n) is 4.40. The quantitative estimate of drug-likeness (QED) is 0.684. The third kappa shape index (κ3) is 1.60. The Labute approximate surface area is 76.4 Å². The minimum absolute atomic E-state index is 0.0541. The van der Waals surface area contributed by atoms with Crippen molar-refractivity contribution in [1.82, 2.24) is 4.98 Å². The monoisotopic (exact) mass is 177 g/mol. The lowest BCUT2D eigenvalue weighted by Gasteiger charge is -2.13. The summed E-state index contributed by atoms with van der Waals surface area (Å²) in [5.74, 6) is 0.245. The normalized spacial score (nSPS) is 15.6. The van der Waals surface area contributed by atoms with Gasteiger partial charge >= 0.3 is 0 Å². The number of ketones is 1. The van der Waals surface area contributed by atoms with Crippen molar-refractivity contribution in [2.24, 2.45) is 0 Å². The number of aromatic nitrogens is 1. The van der Waals surface area contributed by atoms with Gasteiger partial charge in [0, 0.05) is 12.8 Å². The maximum atomic E-state index is 11.1. The van der Waals surface area contributed by atoms with Gasteiger partial charge in [0.25, 0.3) is 0 Å². The Morgan fingerprint density at radius 1 is 1.38 bits per heavy atom. The van der Waals surface area contributed by atoms with Crippen LogP contribution < -0.4 is 0 Å². The summed E-state index contributed by atoms with van der Waals surface area (Å²) < 4.78 is 0. The summed E-state index contributed by atoms with van der Waals surface area (Å²) in [6, 6.07) is 3.77. The van der Waals surface area contributed by atoms with Gasteiger partial charge in [0.1, 0.15) is 5.78 Å². The average Bonchev–Trinajstić information content (AvgIpc) is 2.16. The maximum absolute atomic E-state index is 11.1. The zero-order valence-corrected chi connectivity index (χ0v) is 7.29. The molecule has 1 aliphatic carbocycles. The number of fused-ring (bicyclic) bond motifs is 1. The van der Waals surface area contributed by atoms with Crippen LogP contribution >= 0.6 is 0 Å². The predicted molar refractivity (Wildman–Crippen MR) is 47.2 cm³/mol. The van der Waals surface area contributed by atoms with Gasteiger partial charge in [-0.2, -0.15) is 0 Å². The minimum Gasteiger partial charge on any atom is -0.390 e.